The summed E-state index contributed by atoms with van der Waals surface area (Å²) >= 11 is 0. The molecule has 0 aromatic heterocycles. The van der Waals surface area contributed by atoms with E-state index >= 15 is 0 Å². The monoisotopic (exact) mass is 300 g/mol. The maximum Gasteiger partial charge on any atom is 0.334 e. The molecule has 1 aromatic rings. The number of carboxylic acid groups (broad SMARTS) is 1. The molecule has 1 aromatic carbocycles. The van der Waals surface area contributed by atoms with Crippen molar-refractivity contribution >= 4 is 15.8 Å². The molecular weight excluding hydrogens is 284 g/mol. The van der Waals surface area contributed by atoms with E-state index in [2.05, 4.69) is 0 Å². The van der Waals surface area contributed by atoms with Gasteiger partial charge in [-0.1, -0.05) is 18.2 Å². The topological polar surface area (TPSA) is 89.9 Å². The van der Waals surface area contributed by atoms with Gasteiger partial charge in [0.2, 0.25) is 0 Å². The minimum atomic E-state index is -3.80. The zero-order valence-electron chi connectivity index (χ0n) is 11.0. The van der Waals surface area contributed by atoms with E-state index in [1.165, 1.54) is 19.2 Å². The Balaban J connectivity index is 2.88. The second-order valence-corrected chi connectivity index (χ2v) is 5.65. The highest BCUT2D eigenvalue weighted by Gasteiger charge is 2.16. The standard InChI is InChI=1S/C13H16O6S/c1-18-7-8-19-9-11(13(14)15)10-20(16,17)12-5-3-2-4-6-12/h2-6,10H,7-9H2,1H3,(H,14,15). The molecule has 20 heavy (non-hydrogen) atoms. The molecule has 0 saturated heterocycles. The predicted molar refractivity (Wildman–Crippen MR) is 72.0 cm³/mol. The van der Waals surface area contributed by atoms with Crippen LogP contribution in [0.5, 0.6) is 0 Å². The first-order valence-electron chi connectivity index (χ1n) is 5.78. The summed E-state index contributed by atoms with van der Waals surface area (Å²) in [7, 11) is -2.32. The number of hydrogen-bond acceptors (Lipinski definition) is 5. The molecule has 7 heteroatoms. The average Bonchev–Trinajstić information content (AvgIpc) is 2.43. The van der Waals surface area contributed by atoms with Crippen LogP contribution in [-0.4, -0.2) is 46.4 Å². The van der Waals surface area contributed by atoms with Crippen LogP contribution >= 0.6 is 0 Å². The van der Waals surface area contributed by atoms with Gasteiger partial charge in [-0.2, -0.15) is 0 Å². The minimum absolute atomic E-state index is 0.0376. The molecule has 1 N–H and O–H groups in total. The minimum Gasteiger partial charge on any atom is -0.478 e. The second-order valence-electron chi connectivity index (χ2n) is 3.85. The van der Waals surface area contributed by atoms with Crippen LogP contribution in [0.3, 0.4) is 0 Å². The number of hydrogen-bond donors (Lipinski definition) is 1. The van der Waals surface area contributed by atoms with Crippen LogP contribution in [0.2, 0.25) is 0 Å². The van der Waals surface area contributed by atoms with Gasteiger partial charge >= 0.3 is 5.97 Å². The molecule has 0 bridgehead atoms. The van der Waals surface area contributed by atoms with E-state index in [-0.39, 0.29) is 23.7 Å². The van der Waals surface area contributed by atoms with E-state index in [1.54, 1.807) is 18.2 Å². The quantitative estimate of drug-likeness (QED) is 0.571. The van der Waals surface area contributed by atoms with E-state index < -0.39 is 15.8 Å². The molecule has 1 rings (SSSR count). The molecule has 110 valence electrons. The summed E-state index contributed by atoms with van der Waals surface area (Å²) in [4.78, 5) is 11.1. The SMILES string of the molecule is COCCOCC(=CS(=O)(=O)c1ccccc1)C(=O)O. The first-order valence-corrected chi connectivity index (χ1v) is 7.32. The molecule has 0 spiro atoms. The fourth-order valence-electron chi connectivity index (χ4n) is 1.34. The lowest BCUT2D eigenvalue weighted by Crippen LogP contribution is -2.13. The predicted octanol–water partition coefficient (Wildman–Crippen LogP) is 1.09. The van der Waals surface area contributed by atoms with Crippen molar-refractivity contribution in [3.05, 3.63) is 41.3 Å². The Hall–Kier alpha value is -1.70. The normalized spacial score (nSPS) is 12.3. The smallest absolute Gasteiger partial charge is 0.334 e. The summed E-state index contributed by atoms with van der Waals surface area (Å²) in [6.07, 6.45) is 0. The Morgan fingerprint density at radius 1 is 1.25 bits per heavy atom. The number of aliphatic carboxylic acids is 1. The molecule has 0 saturated carbocycles. The molecule has 0 aliphatic rings. The Morgan fingerprint density at radius 3 is 2.45 bits per heavy atom. The first-order chi connectivity index (χ1) is 9.47. The van der Waals surface area contributed by atoms with Gasteiger partial charge in [-0.05, 0) is 12.1 Å². The number of ether oxygens (including phenoxy) is 2. The van der Waals surface area contributed by atoms with Crippen LogP contribution in [-0.2, 0) is 24.1 Å². The zero-order valence-corrected chi connectivity index (χ0v) is 11.8. The molecule has 0 aliphatic heterocycles. The van der Waals surface area contributed by atoms with Gasteiger partial charge in [-0.25, -0.2) is 13.2 Å². The Bertz CT molecular complexity index is 562. The van der Waals surface area contributed by atoms with Gasteiger partial charge in [0.1, 0.15) is 0 Å². The average molecular weight is 300 g/mol. The second kappa shape index (κ2) is 7.78. The maximum atomic E-state index is 12.0. The Morgan fingerprint density at radius 2 is 1.90 bits per heavy atom. The van der Waals surface area contributed by atoms with Gasteiger partial charge in [-0.3, -0.25) is 0 Å². The fourth-order valence-corrected chi connectivity index (χ4v) is 2.55. The van der Waals surface area contributed by atoms with Gasteiger partial charge in [0, 0.05) is 12.5 Å². The lowest BCUT2D eigenvalue weighted by molar-refractivity contribution is -0.133. The van der Waals surface area contributed by atoms with Crippen molar-refractivity contribution in [2.24, 2.45) is 0 Å². The highest BCUT2D eigenvalue weighted by molar-refractivity contribution is 7.94. The number of sulfone groups is 1. The van der Waals surface area contributed by atoms with Crippen LogP contribution in [0.4, 0.5) is 0 Å². The fraction of sp³-hybridized carbons (Fsp3) is 0.308. The zero-order chi connectivity index (χ0) is 15.0. The van der Waals surface area contributed by atoms with Gasteiger partial charge in [0.25, 0.3) is 0 Å². The highest BCUT2D eigenvalue weighted by atomic mass is 32.2. The molecule has 0 fully saturated rings. The van der Waals surface area contributed by atoms with Crippen molar-refractivity contribution in [1.29, 1.82) is 0 Å². The lowest BCUT2D eigenvalue weighted by Gasteiger charge is -2.05. The summed E-state index contributed by atoms with van der Waals surface area (Å²) in [5, 5.41) is 9.72. The van der Waals surface area contributed by atoms with E-state index in [0.29, 0.717) is 6.61 Å². The van der Waals surface area contributed by atoms with Crippen LogP contribution < -0.4 is 0 Å². The molecule has 0 radical (unpaired) electrons. The van der Waals surface area contributed by atoms with Gasteiger partial charge in [0.05, 0.1) is 30.3 Å². The van der Waals surface area contributed by atoms with Crippen molar-refractivity contribution < 1.29 is 27.8 Å². The summed E-state index contributed by atoms with van der Waals surface area (Å²) in [6, 6.07) is 7.61. The maximum absolute atomic E-state index is 12.0. The molecular formula is C13H16O6S. The third-order valence-electron chi connectivity index (χ3n) is 2.33. The third kappa shape index (κ3) is 5.12. The first kappa shape index (κ1) is 16.4. The van der Waals surface area contributed by atoms with E-state index in [9.17, 15) is 13.2 Å². The summed E-state index contributed by atoms with van der Waals surface area (Å²) in [6.45, 7) is 0.190. The van der Waals surface area contributed by atoms with Crippen LogP contribution in [0.1, 0.15) is 0 Å². The van der Waals surface area contributed by atoms with Gasteiger partial charge in [0.15, 0.2) is 9.84 Å². The van der Waals surface area contributed by atoms with Crippen molar-refractivity contribution in [2.45, 2.75) is 4.90 Å². The van der Waals surface area contributed by atoms with Gasteiger partial charge < -0.3 is 14.6 Å². The van der Waals surface area contributed by atoms with Crippen LogP contribution in [0.15, 0.2) is 46.2 Å². The number of carbonyl (C=O) groups is 1. The molecule has 0 heterocycles. The molecule has 0 amide bonds. The molecule has 0 aliphatic carbocycles. The molecule has 0 atom stereocenters. The number of benzene rings is 1. The van der Waals surface area contributed by atoms with Crippen molar-refractivity contribution in [1.82, 2.24) is 0 Å². The van der Waals surface area contributed by atoms with Crippen molar-refractivity contribution in [3.8, 4) is 0 Å². The molecule has 0 unspecified atom stereocenters. The van der Waals surface area contributed by atoms with E-state index in [0.717, 1.165) is 5.41 Å². The lowest BCUT2D eigenvalue weighted by atomic mass is 10.3. The van der Waals surface area contributed by atoms with Crippen LogP contribution in [0.25, 0.3) is 0 Å². The summed E-state index contributed by atoms with van der Waals surface area (Å²) in [5.41, 5.74) is -0.329. The Labute approximate surface area is 117 Å². The van der Waals surface area contributed by atoms with Crippen molar-refractivity contribution in [3.63, 3.8) is 0 Å². The van der Waals surface area contributed by atoms with Crippen molar-refractivity contribution in [2.75, 3.05) is 26.9 Å². The summed E-state index contributed by atoms with van der Waals surface area (Å²) in [5.74, 6) is -1.33. The number of carboxylic acids is 1. The third-order valence-corrected chi connectivity index (χ3v) is 3.86. The number of methoxy groups -OCH3 is 1. The van der Waals surface area contributed by atoms with E-state index in [1.807, 2.05) is 0 Å². The van der Waals surface area contributed by atoms with Crippen LogP contribution in [0, 0.1) is 0 Å². The number of rotatable bonds is 8. The van der Waals surface area contributed by atoms with E-state index in [4.69, 9.17) is 14.6 Å². The van der Waals surface area contributed by atoms with Gasteiger partial charge in [-0.15, -0.1) is 0 Å². The highest BCUT2D eigenvalue weighted by Crippen LogP contribution is 2.13. The molecule has 6 nitrogen and oxygen atoms in total. The summed E-state index contributed by atoms with van der Waals surface area (Å²) < 4.78 is 33.8. The largest absolute Gasteiger partial charge is 0.478 e. The Kier molecular flexibility index (Phi) is 6.37.